The number of hydrogen-bond acceptors (Lipinski definition) is 5. The lowest BCUT2D eigenvalue weighted by molar-refractivity contribution is -0.127. The number of sulfonamides is 1. The van der Waals surface area contributed by atoms with Gasteiger partial charge in [0.25, 0.3) is 15.9 Å². The van der Waals surface area contributed by atoms with Crippen LogP contribution in [0.5, 0.6) is 11.5 Å². The molecule has 1 aliphatic rings. The third-order valence-corrected chi connectivity index (χ3v) is 8.60. The number of carbonyl (C=O) groups is 1. The van der Waals surface area contributed by atoms with Crippen molar-refractivity contribution in [3.8, 4) is 11.5 Å². The van der Waals surface area contributed by atoms with Crippen molar-refractivity contribution < 1.29 is 22.7 Å². The molecule has 0 aromatic heterocycles. The topological polar surface area (TPSA) is 84.9 Å². The molecule has 0 aliphatic carbocycles. The molecule has 38 heavy (non-hydrogen) atoms. The number of carbonyl (C=O) groups excluding carboxylic acids is 1. The summed E-state index contributed by atoms with van der Waals surface area (Å²) in [5.41, 5.74) is 4.35. The first kappa shape index (κ1) is 27.5. The van der Waals surface area contributed by atoms with Crippen LogP contribution in [0.4, 0.5) is 5.69 Å². The van der Waals surface area contributed by atoms with Crippen molar-refractivity contribution in [2.24, 2.45) is 0 Å². The SMILES string of the molecule is Cc1ccc(S(=O)(=O)N2CC(C(=O)NCCOc3cccc(C)c3C)Oc3ccc(C(C)(C)C)cc32)cc1. The van der Waals surface area contributed by atoms with E-state index in [0.29, 0.717) is 11.4 Å². The van der Waals surface area contributed by atoms with Gasteiger partial charge in [0.05, 0.1) is 23.7 Å². The number of anilines is 1. The van der Waals surface area contributed by atoms with Crippen molar-refractivity contribution in [2.45, 2.75) is 58.0 Å². The van der Waals surface area contributed by atoms with Gasteiger partial charge in [0.15, 0.2) is 6.10 Å². The normalized spacial score (nSPS) is 15.4. The fraction of sp³-hybridized carbons (Fsp3) is 0.367. The minimum absolute atomic E-state index is 0.138. The van der Waals surface area contributed by atoms with Gasteiger partial charge in [-0.05, 0) is 73.2 Å². The van der Waals surface area contributed by atoms with E-state index in [9.17, 15) is 13.2 Å². The summed E-state index contributed by atoms with van der Waals surface area (Å²) in [4.78, 5) is 13.3. The van der Waals surface area contributed by atoms with Crippen molar-refractivity contribution in [1.29, 1.82) is 0 Å². The zero-order valence-electron chi connectivity index (χ0n) is 22.9. The summed E-state index contributed by atoms with van der Waals surface area (Å²) >= 11 is 0. The first-order chi connectivity index (χ1) is 17.9. The quantitative estimate of drug-likeness (QED) is 0.427. The molecule has 0 bridgehead atoms. The molecule has 7 nitrogen and oxygen atoms in total. The predicted molar refractivity (Wildman–Crippen MR) is 150 cm³/mol. The second kappa shape index (κ2) is 10.7. The van der Waals surface area contributed by atoms with Crippen LogP contribution in [-0.2, 0) is 20.2 Å². The highest BCUT2D eigenvalue weighted by atomic mass is 32.2. The zero-order valence-corrected chi connectivity index (χ0v) is 23.7. The Morgan fingerprint density at radius 1 is 1.05 bits per heavy atom. The molecule has 202 valence electrons. The Morgan fingerprint density at radius 3 is 2.45 bits per heavy atom. The molecule has 1 unspecified atom stereocenters. The third-order valence-electron chi connectivity index (χ3n) is 6.81. The van der Waals surface area contributed by atoms with Gasteiger partial charge in [0.1, 0.15) is 18.1 Å². The Hall–Kier alpha value is -3.52. The molecule has 0 spiro atoms. The van der Waals surface area contributed by atoms with Crippen LogP contribution in [-0.4, -0.2) is 40.1 Å². The molecular formula is C30H36N2O5S. The molecule has 3 aromatic rings. The first-order valence-electron chi connectivity index (χ1n) is 12.8. The largest absolute Gasteiger partial charge is 0.491 e. The number of fused-ring (bicyclic) bond motifs is 1. The maximum absolute atomic E-state index is 13.8. The Bertz CT molecular complexity index is 1430. The summed E-state index contributed by atoms with van der Waals surface area (Å²) in [5.74, 6) is 0.725. The molecule has 8 heteroatoms. The molecule has 1 amide bonds. The number of benzene rings is 3. The summed E-state index contributed by atoms with van der Waals surface area (Å²) in [6.45, 7) is 12.5. The van der Waals surface area contributed by atoms with Crippen LogP contribution >= 0.6 is 0 Å². The van der Waals surface area contributed by atoms with E-state index in [2.05, 4.69) is 26.1 Å². The van der Waals surface area contributed by atoms with E-state index in [1.54, 1.807) is 30.3 Å². The van der Waals surface area contributed by atoms with E-state index < -0.39 is 22.0 Å². The van der Waals surface area contributed by atoms with Crippen LogP contribution in [0.25, 0.3) is 0 Å². The van der Waals surface area contributed by atoms with Crippen molar-refractivity contribution >= 4 is 21.6 Å². The molecule has 1 atom stereocenters. The Balaban J connectivity index is 1.55. The molecule has 1 N–H and O–H groups in total. The standard InChI is InChI=1S/C30H36N2O5S/c1-20-10-13-24(14-11-20)38(34,35)32-19-28(37-27-15-12-23(18-25(27)32)30(4,5)6)29(33)31-16-17-36-26-9-7-8-21(2)22(26)3/h7-15,18,28H,16-17,19H2,1-6H3,(H,31,33). The number of nitrogens with zero attached hydrogens (tertiary/aromatic N) is 1. The maximum Gasteiger partial charge on any atom is 0.264 e. The van der Waals surface area contributed by atoms with Gasteiger partial charge in [-0.3, -0.25) is 9.10 Å². The summed E-state index contributed by atoms with van der Waals surface area (Å²) in [6, 6.07) is 18.0. The Morgan fingerprint density at radius 2 is 1.76 bits per heavy atom. The average Bonchev–Trinajstić information content (AvgIpc) is 2.87. The highest BCUT2D eigenvalue weighted by Crippen LogP contribution is 2.40. The lowest BCUT2D eigenvalue weighted by atomic mass is 9.86. The van der Waals surface area contributed by atoms with E-state index in [1.165, 1.54) is 4.31 Å². The van der Waals surface area contributed by atoms with Gasteiger partial charge in [-0.1, -0.05) is 56.7 Å². The Kier molecular flexibility index (Phi) is 7.74. The van der Waals surface area contributed by atoms with Gasteiger partial charge in [-0.2, -0.15) is 0 Å². The molecular weight excluding hydrogens is 500 g/mol. The molecule has 0 saturated heterocycles. The van der Waals surface area contributed by atoms with Crippen LogP contribution in [0.2, 0.25) is 0 Å². The minimum atomic E-state index is -3.94. The fourth-order valence-corrected chi connectivity index (χ4v) is 5.72. The number of rotatable bonds is 7. The lowest BCUT2D eigenvalue weighted by Crippen LogP contribution is -2.51. The predicted octanol–water partition coefficient (Wildman–Crippen LogP) is 5.06. The lowest BCUT2D eigenvalue weighted by Gasteiger charge is -2.36. The second-order valence-electron chi connectivity index (χ2n) is 10.7. The molecule has 1 heterocycles. The van der Waals surface area contributed by atoms with Gasteiger partial charge in [0.2, 0.25) is 0 Å². The van der Waals surface area contributed by atoms with Crippen molar-refractivity contribution in [3.05, 3.63) is 82.9 Å². The molecule has 3 aromatic carbocycles. The van der Waals surface area contributed by atoms with Crippen molar-refractivity contribution in [3.63, 3.8) is 0 Å². The van der Waals surface area contributed by atoms with E-state index in [1.807, 2.05) is 51.1 Å². The summed E-state index contributed by atoms with van der Waals surface area (Å²) < 4.78 is 40.7. The molecule has 0 saturated carbocycles. The Labute approximate surface area is 225 Å². The van der Waals surface area contributed by atoms with Crippen LogP contribution < -0.4 is 19.1 Å². The second-order valence-corrected chi connectivity index (χ2v) is 12.6. The summed E-state index contributed by atoms with van der Waals surface area (Å²) in [7, 11) is -3.94. The number of amides is 1. The van der Waals surface area contributed by atoms with E-state index in [0.717, 1.165) is 28.0 Å². The average molecular weight is 537 g/mol. The van der Waals surface area contributed by atoms with Crippen LogP contribution in [0.1, 0.15) is 43.0 Å². The third kappa shape index (κ3) is 5.80. The zero-order chi connectivity index (χ0) is 27.7. The maximum atomic E-state index is 13.8. The van der Waals surface area contributed by atoms with E-state index in [-0.39, 0.29) is 30.0 Å². The van der Waals surface area contributed by atoms with Crippen molar-refractivity contribution in [1.82, 2.24) is 5.32 Å². The summed E-state index contributed by atoms with van der Waals surface area (Å²) in [5, 5.41) is 2.83. The number of nitrogens with one attached hydrogen (secondary N) is 1. The van der Waals surface area contributed by atoms with E-state index in [4.69, 9.17) is 9.47 Å². The van der Waals surface area contributed by atoms with E-state index >= 15 is 0 Å². The molecule has 4 rings (SSSR count). The number of ether oxygens (including phenoxy) is 2. The van der Waals surface area contributed by atoms with Gasteiger partial charge in [-0.15, -0.1) is 0 Å². The molecule has 0 fully saturated rings. The first-order valence-corrected chi connectivity index (χ1v) is 14.2. The highest BCUT2D eigenvalue weighted by Gasteiger charge is 2.38. The van der Waals surface area contributed by atoms with Gasteiger partial charge in [0, 0.05) is 0 Å². The number of aryl methyl sites for hydroxylation is 2. The monoisotopic (exact) mass is 536 g/mol. The van der Waals surface area contributed by atoms with Gasteiger partial charge in [-0.25, -0.2) is 8.42 Å². The highest BCUT2D eigenvalue weighted by molar-refractivity contribution is 7.92. The van der Waals surface area contributed by atoms with Crippen LogP contribution in [0.3, 0.4) is 0 Å². The van der Waals surface area contributed by atoms with Crippen molar-refractivity contribution in [2.75, 3.05) is 24.0 Å². The van der Waals surface area contributed by atoms with Crippen LogP contribution in [0, 0.1) is 20.8 Å². The fourth-order valence-electron chi connectivity index (χ4n) is 4.25. The smallest absolute Gasteiger partial charge is 0.264 e. The molecule has 0 radical (unpaired) electrons. The van der Waals surface area contributed by atoms with Gasteiger partial charge >= 0.3 is 0 Å². The van der Waals surface area contributed by atoms with Crippen LogP contribution in [0.15, 0.2) is 65.6 Å². The van der Waals surface area contributed by atoms with Gasteiger partial charge < -0.3 is 14.8 Å². The number of hydrogen-bond donors (Lipinski definition) is 1. The molecule has 1 aliphatic heterocycles. The summed E-state index contributed by atoms with van der Waals surface area (Å²) in [6.07, 6.45) is -1.01. The minimum Gasteiger partial charge on any atom is -0.491 e.